The van der Waals surface area contributed by atoms with Gasteiger partial charge < -0.3 is 0 Å². The molecule has 0 saturated heterocycles. The molecule has 0 unspecified atom stereocenters. The molecule has 1 aromatic carbocycles. The van der Waals surface area contributed by atoms with Gasteiger partial charge in [-0.15, -0.1) is 0 Å². The number of fused-ring (bicyclic) bond motifs is 1. The van der Waals surface area contributed by atoms with E-state index in [2.05, 4.69) is 30.9 Å². The second kappa shape index (κ2) is 4.30. The molecule has 1 heterocycles. The SMILES string of the molecule is [N-]=[N+]=NC(=O)c1ccnc2c(Br)cccc12. The van der Waals surface area contributed by atoms with Crippen molar-refractivity contribution >= 4 is 32.7 Å². The van der Waals surface area contributed by atoms with E-state index in [0.717, 1.165) is 4.47 Å². The first-order valence-corrected chi connectivity index (χ1v) is 5.16. The number of azide groups is 1. The Morgan fingerprint density at radius 3 is 3.00 bits per heavy atom. The highest BCUT2D eigenvalue weighted by Gasteiger charge is 2.09. The summed E-state index contributed by atoms with van der Waals surface area (Å²) in [6, 6.07) is 6.91. The van der Waals surface area contributed by atoms with E-state index in [1.807, 2.05) is 6.07 Å². The molecule has 1 aromatic heterocycles. The minimum absolute atomic E-state index is 0.351. The van der Waals surface area contributed by atoms with Gasteiger partial charge in [0.25, 0.3) is 0 Å². The number of amides is 1. The van der Waals surface area contributed by atoms with Gasteiger partial charge in [-0.3, -0.25) is 9.78 Å². The maximum Gasteiger partial charge on any atom is 0.249 e. The van der Waals surface area contributed by atoms with E-state index < -0.39 is 5.91 Å². The number of hydrogen-bond donors (Lipinski definition) is 0. The van der Waals surface area contributed by atoms with Gasteiger partial charge in [0.15, 0.2) is 0 Å². The van der Waals surface area contributed by atoms with Gasteiger partial charge in [-0.1, -0.05) is 12.1 Å². The van der Waals surface area contributed by atoms with Crippen molar-refractivity contribution in [2.24, 2.45) is 5.11 Å². The molecule has 0 aliphatic rings. The van der Waals surface area contributed by atoms with Gasteiger partial charge in [0.1, 0.15) is 0 Å². The highest BCUT2D eigenvalue weighted by atomic mass is 79.9. The van der Waals surface area contributed by atoms with Crippen LogP contribution in [0.1, 0.15) is 10.4 Å². The van der Waals surface area contributed by atoms with E-state index >= 15 is 0 Å². The lowest BCUT2D eigenvalue weighted by atomic mass is 10.1. The predicted octanol–water partition coefficient (Wildman–Crippen LogP) is 3.45. The van der Waals surface area contributed by atoms with Crippen LogP contribution in [0, 0.1) is 0 Å². The average Bonchev–Trinajstić information content (AvgIpc) is 2.29. The monoisotopic (exact) mass is 276 g/mol. The number of rotatable bonds is 1. The van der Waals surface area contributed by atoms with E-state index in [9.17, 15) is 4.79 Å². The molecule has 0 fully saturated rings. The molecule has 0 radical (unpaired) electrons. The minimum Gasteiger partial charge on any atom is -0.287 e. The summed E-state index contributed by atoms with van der Waals surface area (Å²) in [5, 5.41) is 3.73. The van der Waals surface area contributed by atoms with Gasteiger partial charge in [-0.2, -0.15) is 0 Å². The van der Waals surface area contributed by atoms with Crippen LogP contribution in [0.15, 0.2) is 40.0 Å². The zero-order valence-corrected chi connectivity index (χ0v) is 9.55. The molecule has 16 heavy (non-hydrogen) atoms. The van der Waals surface area contributed by atoms with E-state index in [0.29, 0.717) is 16.5 Å². The normalized spacial score (nSPS) is 9.81. The van der Waals surface area contributed by atoms with Crippen LogP contribution in [0.2, 0.25) is 0 Å². The number of aromatic nitrogens is 1. The second-order valence-corrected chi connectivity index (χ2v) is 3.84. The van der Waals surface area contributed by atoms with Crippen molar-refractivity contribution in [3.8, 4) is 0 Å². The lowest BCUT2D eigenvalue weighted by Gasteiger charge is -2.02. The summed E-state index contributed by atoms with van der Waals surface area (Å²) in [6.45, 7) is 0. The molecule has 0 bridgehead atoms. The second-order valence-electron chi connectivity index (χ2n) is 2.99. The Kier molecular flexibility index (Phi) is 2.85. The van der Waals surface area contributed by atoms with Crippen LogP contribution in [0.4, 0.5) is 0 Å². The fourth-order valence-corrected chi connectivity index (χ4v) is 1.89. The van der Waals surface area contributed by atoms with Crippen LogP contribution in [-0.2, 0) is 0 Å². The fourth-order valence-electron chi connectivity index (χ4n) is 1.42. The molecular weight excluding hydrogens is 272 g/mol. The molecule has 2 rings (SSSR count). The van der Waals surface area contributed by atoms with Crippen molar-refractivity contribution < 1.29 is 4.79 Å². The van der Waals surface area contributed by atoms with Crippen LogP contribution < -0.4 is 0 Å². The number of halogens is 1. The highest BCUT2D eigenvalue weighted by Crippen LogP contribution is 2.24. The molecule has 0 aliphatic carbocycles. The first-order chi connectivity index (χ1) is 7.74. The fraction of sp³-hybridized carbons (Fsp3) is 0. The minimum atomic E-state index is -0.604. The van der Waals surface area contributed by atoms with Crippen LogP contribution in [0.5, 0.6) is 0 Å². The first-order valence-electron chi connectivity index (χ1n) is 4.36. The summed E-state index contributed by atoms with van der Waals surface area (Å²) in [5.74, 6) is -0.604. The number of carbonyl (C=O) groups is 1. The molecule has 0 aliphatic heterocycles. The third-order valence-electron chi connectivity index (χ3n) is 2.09. The summed E-state index contributed by atoms with van der Waals surface area (Å²) < 4.78 is 0.792. The number of para-hydroxylation sites is 1. The van der Waals surface area contributed by atoms with Gasteiger partial charge in [0.2, 0.25) is 5.91 Å². The maximum atomic E-state index is 11.5. The van der Waals surface area contributed by atoms with Crippen LogP contribution in [-0.4, -0.2) is 10.9 Å². The predicted molar refractivity (Wildman–Crippen MR) is 62.9 cm³/mol. The Morgan fingerprint density at radius 1 is 1.44 bits per heavy atom. The highest BCUT2D eigenvalue weighted by molar-refractivity contribution is 9.10. The Hall–Kier alpha value is -1.91. The molecule has 6 heteroatoms. The lowest BCUT2D eigenvalue weighted by Crippen LogP contribution is -1.96. The lowest BCUT2D eigenvalue weighted by molar-refractivity contribution is 0.100. The molecule has 5 nitrogen and oxygen atoms in total. The zero-order chi connectivity index (χ0) is 11.5. The molecular formula is C10H5BrN4O. The van der Waals surface area contributed by atoms with E-state index in [-0.39, 0.29) is 0 Å². The van der Waals surface area contributed by atoms with Crippen molar-refractivity contribution in [2.45, 2.75) is 0 Å². The Morgan fingerprint density at radius 2 is 2.25 bits per heavy atom. The Labute approximate surface area is 98.9 Å². The summed E-state index contributed by atoms with van der Waals surface area (Å²) in [7, 11) is 0. The molecule has 2 aromatic rings. The van der Waals surface area contributed by atoms with Gasteiger partial charge in [0, 0.05) is 26.5 Å². The van der Waals surface area contributed by atoms with Crippen LogP contribution in [0.3, 0.4) is 0 Å². The first kappa shape index (κ1) is 10.6. The Balaban J connectivity index is 2.76. The molecule has 0 N–H and O–H groups in total. The largest absolute Gasteiger partial charge is 0.287 e. The third-order valence-corrected chi connectivity index (χ3v) is 2.73. The number of pyridine rings is 1. The van der Waals surface area contributed by atoms with Crippen LogP contribution in [0.25, 0.3) is 21.3 Å². The van der Waals surface area contributed by atoms with Gasteiger partial charge in [-0.05, 0) is 38.7 Å². The van der Waals surface area contributed by atoms with Crippen molar-refractivity contribution in [1.82, 2.24) is 4.98 Å². The van der Waals surface area contributed by atoms with Gasteiger partial charge in [0.05, 0.1) is 5.52 Å². The van der Waals surface area contributed by atoms with Crippen molar-refractivity contribution in [3.63, 3.8) is 0 Å². The van der Waals surface area contributed by atoms with E-state index in [4.69, 9.17) is 5.53 Å². The summed E-state index contributed by atoms with van der Waals surface area (Å²) >= 11 is 3.34. The van der Waals surface area contributed by atoms with Crippen molar-refractivity contribution in [2.75, 3.05) is 0 Å². The molecule has 1 amide bonds. The maximum absolute atomic E-state index is 11.5. The molecule has 0 saturated carbocycles. The van der Waals surface area contributed by atoms with E-state index in [1.165, 1.54) is 12.3 Å². The molecule has 78 valence electrons. The van der Waals surface area contributed by atoms with Crippen molar-refractivity contribution in [1.29, 1.82) is 0 Å². The average molecular weight is 277 g/mol. The third kappa shape index (κ3) is 1.76. The molecule has 0 atom stereocenters. The number of hydrogen-bond acceptors (Lipinski definition) is 2. The summed E-state index contributed by atoms with van der Waals surface area (Å²) in [4.78, 5) is 18.1. The standard InChI is InChI=1S/C10H5BrN4O/c11-8-3-1-2-6-7(10(16)14-15-12)4-5-13-9(6)8/h1-5H. The topological polar surface area (TPSA) is 78.7 Å². The number of carbonyl (C=O) groups excluding carboxylic acids is 1. The van der Waals surface area contributed by atoms with E-state index in [1.54, 1.807) is 12.1 Å². The van der Waals surface area contributed by atoms with Crippen LogP contribution >= 0.6 is 15.9 Å². The smallest absolute Gasteiger partial charge is 0.249 e. The quantitative estimate of drug-likeness (QED) is 0.454. The molecule has 0 spiro atoms. The summed E-state index contributed by atoms with van der Waals surface area (Å²) in [5.41, 5.74) is 9.26. The van der Waals surface area contributed by atoms with Crippen molar-refractivity contribution in [3.05, 3.63) is 50.9 Å². The van der Waals surface area contributed by atoms with Gasteiger partial charge >= 0.3 is 0 Å². The zero-order valence-electron chi connectivity index (χ0n) is 7.96. The number of benzene rings is 1. The Bertz CT molecular complexity index is 619. The summed E-state index contributed by atoms with van der Waals surface area (Å²) in [6.07, 6.45) is 1.51. The van der Waals surface area contributed by atoms with Gasteiger partial charge in [-0.25, -0.2) is 0 Å². The number of nitrogens with zero attached hydrogens (tertiary/aromatic N) is 4.